The molecule has 1 aliphatic rings. The Morgan fingerprint density at radius 2 is 1.64 bits per heavy atom. The highest BCUT2D eigenvalue weighted by molar-refractivity contribution is 5.93. The largest absolute Gasteiger partial charge is 0.385 e. The summed E-state index contributed by atoms with van der Waals surface area (Å²) >= 11 is 0. The Balaban J connectivity index is 1.63. The number of hydrogen-bond acceptors (Lipinski definition) is 3. The summed E-state index contributed by atoms with van der Waals surface area (Å²) in [5, 5.41) is 11.0. The molecule has 0 spiro atoms. The third-order valence-electron chi connectivity index (χ3n) is 5.01. The lowest BCUT2D eigenvalue weighted by Gasteiger charge is -2.38. The minimum atomic E-state index is -0.799. The molecule has 4 nitrogen and oxygen atoms in total. The van der Waals surface area contributed by atoms with Gasteiger partial charge in [-0.1, -0.05) is 42.5 Å². The molecule has 2 aromatic carbocycles. The van der Waals surface area contributed by atoms with Crippen molar-refractivity contribution in [2.24, 2.45) is 0 Å². The first-order valence-corrected chi connectivity index (χ1v) is 8.79. The average Bonchev–Trinajstić information content (AvgIpc) is 2.64. The molecule has 0 unspecified atom stereocenters. The zero-order chi connectivity index (χ0) is 17.9. The first-order valence-electron chi connectivity index (χ1n) is 8.79. The fraction of sp³-hybridized carbons (Fsp3) is 0.381. The van der Waals surface area contributed by atoms with E-state index in [1.54, 1.807) is 19.0 Å². The van der Waals surface area contributed by atoms with Crippen molar-refractivity contribution < 1.29 is 9.90 Å². The van der Waals surface area contributed by atoms with Crippen LogP contribution in [0.5, 0.6) is 0 Å². The number of carbonyl (C=O) groups is 1. The van der Waals surface area contributed by atoms with Crippen LogP contribution < -0.4 is 0 Å². The molecule has 3 rings (SSSR count). The van der Waals surface area contributed by atoms with Gasteiger partial charge in [-0.25, -0.2) is 0 Å². The van der Waals surface area contributed by atoms with Crippen LogP contribution in [0.4, 0.5) is 0 Å². The number of piperidine rings is 1. The number of hydrogen-bond donors (Lipinski definition) is 1. The summed E-state index contributed by atoms with van der Waals surface area (Å²) in [7, 11) is 3.48. The molecule has 0 atom stereocenters. The van der Waals surface area contributed by atoms with E-state index in [0.29, 0.717) is 18.4 Å². The maximum Gasteiger partial charge on any atom is 0.253 e. The number of benzene rings is 2. The second kappa shape index (κ2) is 7.38. The maximum absolute atomic E-state index is 12.0. The van der Waals surface area contributed by atoms with Gasteiger partial charge in [-0.15, -0.1) is 0 Å². The van der Waals surface area contributed by atoms with E-state index in [1.807, 2.05) is 30.3 Å². The minimum absolute atomic E-state index is 0.0174. The van der Waals surface area contributed by atoms with E-state index in [9.17, 15) is 9.90 Å². The van der Waals surface area contributed by atoms with Crippen molar-refractivity contribution in [1.82, 2.24) is 9.80 Å². The Kier molecular flexibility index (Phi) is 5.21. The second-order valence-electron chi connectivity index (χ2n) is 7.07. The SMILES string of the molecule is CN(C)C(=O)c1ccc(C2(O)CCN(Cc3ccccc3)CC2)cc1. The lowest BCUT2D eigenvalue weighted by Crippen LogP contribution is -2.42. The average molecular weight is 338 g/mol. The molecule has 0 radical (unpaired) electrons. The molecule has 4 heteroatoms. The van der Waals surface area contributed by atoms with Gasteiger partial charge in [0.05, 0.1) is 5.60 Å². The highest BCUT2D eigenvalue weighted by Crippen LogP contribution is 2.33. The molecule has 132 valence electrons. The predicted octanol–water partition coefficient (Wildman–Crippen LogP) is 2.87. The van der Waals surface area contributed by atoms with Crippen molar-refractivity contribution in [3.05, 3.63) is 71.3 Å². The summed E-state index contributed by atoms with van der Waals surface area (Å²) < 4.78 is 0. The van der Waals surface area contributed by atoms with Gasteiger partial charge in [-0.3, -0.25) is 9.69 Å². The van der Waals surface area contributed by atoms with Crippen molar-refractivity contribution in [1.29, 1.82) is 0 Å². The normalized spacial score (nSPS) is 17.2. The quantitative estimate of drug-likeness (QED) is 0.932. The fourth-order valence-electron chi connectivity index (χ4n) is 3.39. The fourth-order valence-corrected chi connectivity index (χ4v) is 3.39. The van der Waals surface area contributed by atoms with Gasteiger partial charge in [0.25, 0.3) is 5.91 Å². The molecule has 0 bridgehead atoms. The van der Waals surface area contributed by atoms with Crippen LogP contribution in [0, 0.1) is 0 Å². The summed E-state index contributed by atoms with van der Waals surface area (Å²) in [4.78, 5) is 15.9. The van der Waals surface area contributed by atoms with Crippen LogP contribution in [0.25, 0.3) is 0 Å². The van der Waals surface area contributed by atoms with E-state index in [4.69, 9.17) is 0 Å². The third-order valence-corrected chi connectivity index (χ3v) is 5.01. The Bertz CT molecular complexity index is 702. The Labute approximate surface area is 149 Å². The maximum atomic E-state index is 12.0. The van der Waals surface area contributed by atoms with E-state index in [2.05, 4.69) is 29.2 Å². The van der Waals surface area contributed by atoms with E-state index < -0.39 is 5.60 Å². The molecule has 2 aromatic rings. The molecule has 1 aliphatic heterocycles. The summed E-state index contributed by atoms with van der Waals surface area (Å²) in [6, 6.07) is 17.8. The lowest BCUT2D eigenvalue weighted by molar-refractivity contribution is -0.0277. The van der Waals surface area contributed by atoms with Crippen molar-refractivity contribution in [2.45, 2.75) is 25.0 Å². The molecule has 0 aromatic heterocycles. The molecule has 1 heterocycles. The standard InChI is InChI=1S/C21H26N2O2/c1-22(2)20(24)18-8-10-19(11-9-18)21(25)12-14-23(15-13-21)16-17-6-4-3-5-7-17/h3-11,25H,12-16H2,1-2H3. The highest BCUT2D eigenvalue weighted by Gasteiger charge is 2.33. The first-order chi connectivity index (χ1) is 12.0. The van der Waals surface area contributed by atoms with Crippen molar-refractivity contribution in [3.8, 4) is 0 Å². The van der Waals surface area contributed by atoms with Crippen molar-refractivity contribution in [3.63, 3.8) is 0 Å². The van der Waals surface area contributed by atoms with Crippen molar-refractivity contribution in [2.75, 3.05) is 27.2 Å². The van der Waals surface area contributed by atoms with Crippen LogP contribution in [0.3, 0.4) is 0 Å². The zero-order valence-electron chi connectivity index (χ0n) is 15.0. The van der Waals surface area contributed by atoms with Gasteiger partial charge in [0.1, 0.15) is 0 Å². The minimum Gasteiger partial charge on any atom is -0.385 e. The number of rotatable bonds is 4. The summed E-state index contributed by atoms with van der Waals surface area (Å²) in [6.07, 6.45) is 1.42. The molecule has 1 saturated heterocycles. The predicted molar refractivity (Wildman–Crippen MR) is 99.3 cm³/mol. The highest BCUT2D eigenvalue weighted by atomic mass is 16.3. The summed E-state index contributed by atoms with van der Waals surface area (Å²) in [5.74, 6) is -0.0174. The van der Waals surface area contributed by atoms with Crippen LogP contribution in [0.15, 0.2) is 54.6 Å². The number of aliphatic hydroxyl groups is 1. The van der Waals surface area contributed by atoms with Crippen LogP contribution in [-0.2, 0) is 12.1 Å². The second-order valence-corrected chi connectivity index (χ2v) is 7.07. The van der Waals surface area contributed by atoms with E-state index >= 15 is 0 Å². The van der Waals surface area contributed by atoms with Gasteiger partial charge in [-0.05, 0) is 36.1 Å². The van der Waals surface area contributed by atoms with Gasteiger partial charge in [0, 0.05) is 39.3 Å². The van der Waals surface area contributed by atoms with Gasteiger partial charge in [-0.2, -0.15) is 0 Å². The summed E-state index contributed by atoms with van der Waals surface area (Å²) in [5.41, 5.74) is 2.06. The van der Waals surface area contributed by atoms with Gasteiger partial charge in [0.2, 0.25) is 0 Å². The zero-order valence-corrected chi connectivity index (χ0v) is 15.0. The Morgan fingerprint density at radius 1 is 1.04 bits per heavy atom. The molecular formula is C21H26N2O2. The lowest BCUT2D eigenvalue weighted by atomic mass is 9.84. The molecule has 1 N–H and O–H groups in total. The summed E-state index contributed by atoms with van der Waals surface area (Å²) in [6.45, 7) is 2.65. The first kappa shape index (κ1) is 17.6. The van der Waals surface area contributed by atoms with E-state index in [1.165, 1.54) is 5.56 Å². The number of amides is 1. The smallest absolute Gasteiger partial charge is 0.253 e. The third kappa shape index (κ3) is 4.09. The molecule has 0 saturated carbocycles. The Morgan fingerprint density at radius 3 is 2.20 bits per heavy atom. The molecule has 1 fully saturated rings. The topological polar surface area (TPSA) is 43.8 Å². The van der Waals surface area contributed by atoms with Crippen molar-refractivity contribution >= 4 is 5.91 Å². The molecule has 1 amide bonds. The van der Waals surface area contributed by atoms with E-state index in [0.717, 1.165) is 25.2 Å². The Hall–Kier alpha value is -2.17. The van der Waals surface area contributed by atoms with E-state index in [-0.39, 0.29) is 5.91 Å². The van der Waals surface area contributed by atoms with Gasteiger partial charge in [0.15, 0.2) is 0 Å². The molecule has 25 heavy (non-hydrogen) atoms. The van der Waals surface area contributed by atoms with Crippen LogP contribution in [-0.4, -0.2) is 48.0 Å². The van der Waals surface area contributed by atoms with Gasteiger partial charge >= 0.3 is 0 Å². The van der Waals surface area contributed by atoms with Gasteiger partial charge < -0.3 is 10.0 Å². The van der Waals surface area contributed by atoms with Crippen LogP contribution >= 0.6 is 0 Å². The monoisotopic (exact) mass is 338 g/mol. The van der Waals surface area contributed by atoms with Crippen LogP contribution in [0.1, 0.15) is 34.3 Å². The number of nitrogens with zero attached hydrogens (tertiary/aromatic N) is 2. The molecule has 0 aliphatic carbocycles. The molecular weight excluding hydrogens is 312 g/mol. The number of carbonyl (C=O) groups excluding carboxylic acids is 1. The number of likely N-dealkylation sites (tertiary alicyclic amines) is 1. The van der Waals surface area contributed by atoms with Crippen LogP contribution in [0.2, 0.25) is 0 Å².